The molecule has 2 atom stereocenters. The van der Waals surface area contributed by atoms with Gasteiger partial charge in [-0.3, -0.25) is 4.79 Å². The Morgan fingerprint density at radius 1 is 1.67 bits per heavy atom. The van der Waals surface area contributed by atoms with Gasteiger partial charge in [-0.2, -0.15) is 0 Å². The Balaban J connectivity index is 2.64. The van der Waals surface area contributed by atoms with Gasteiger partial charge in [-0.25, -0.2) is 0 Å². The zero-order valence-electron chi connectivity index (χ0n) is 8.26. The first kappa shape index (κ1) is 9.50. The van der Waals surface area contributed by atoms with Gasteiger partial charge in [-0.05, 0) is 25.7 Å². The first-order valence-electron chi connectivity index (χ1n) is 4.85. The number of ketones is 1. The number of hydrogen-bond donors (Lipinski definition) is 0. The summed E-state index contributed by atoms with van der Waals surface area (Å²) in [5.74, 6) is 1.20. The van der Waals surface area contributed by atoms with Gasteiger partial charge >= 0.3 is 0 Å². The standard InChI is InChI=1S/C11H18O/c1-4-11(12)10-6-5-8(2)7-9(10)3/h7,9-10H,4-6H2,1-3H3/t9-,10+/m0/s1. The summed E-state index contributed by atoms with van der Waals surface area (Å²) in [6.45, 7) is 6.27. The van der Waals surface area contributed by atoms with Crippen LogP contribution in [0.25, 0.3) is 0 Å². The van der Waals surface area contributed by atoms with Crippen LogP contribution < -0.4 is 0 Å². The van der Waals surface area contributed by atoms with Crippen LogP contribution in [0.3, 0.4) is 0 Å². The van der Waals surface area contributed by atoms with Crippen LogP contribution in [0, 0.1) is 11.8 Å². The summed E-state index contributed by atoms with van der Waals surface area (Å²) in [5.41, 5.74) is 1.45. The Bertz CT molecular complexity index is 203. The normalized spacial score (nSPS) is 29.8. The number of Topliss-reactive ketones (excluding diaryl/α,β-unsaturated/α-hetero) is 1. The van der Waals surface area contributed by atoms with E-state index >= 15 is 0 Å². The molecule has 0 aromatic carbocycles. The number of rotatable bonds is 2. The second kappa shape index (κ2) is 3.88. The summed E-state index contributed by atoms with van der Waals surface area (Å²) in [6.07, 6.45) is 5.13. The van der Waals surface area contributed by atoms with Crippen LogP contribution in [-0.4, -0.2) is 5.78 Å². The number of allylic oxidation sites excluding steroid dienone is 2. The Morgan fingerprint density at radius 2 is 2.33 bits per heavy atom. The molecule has 0 saturated heterocycles. The maximum Gasteiger partial charge on any atom is 0.136 e. The lowest BCUT2D eigenvalue weighted by molar-refractivity contribution is -0.123. The fourth-order valence-electron chi connectivity index (χ4n) is 2.01. The van der Waals surface area contributed by atoms with Crippen LogP contribution in [0.5, 0.6) is 0 Å². The van der Waals surface area contributed by atoms with Crippen molar-refractivity contribution in [2.24, 2.45) is 11.8 Å². The van der Waals surface area contributed by atoms with Crippen molar-refractivity contribution in [2.45, 2.75) is 40.0 Å². The molecule has 0 fully saturated rings. The predicted octanol–water partition coefficient (Wildman–Crippen LogP) is 2.96. The highest BCUT2D eigenvalue weighted by molar-refractivity contribution is 5.81. The molecule has 0 heterocycles. The zero-order chi connectivity index (χ0) is 9.14. The third-order valence-corrected chi connectivity index (χ3v) is 2.79. The van der Waals surface area contributed by atoms with Gasteiger partial charge in [0.25, 0.3) is 0 Å². The van der Waals surface area contributed by atoms with E-state index in [-0.39, 0.29) is 0 Å². The zero-order valence-corrected chi connectivity index (χ0v) is 8.26. The molecule has 0 aliphatic heterocycles. The Hall–Kier alpha value is -0.590. The Kier molecular flexibility index (Phi) is 3.07. The molecule has 1 aliphatic carbocycles. The minimum atomic E-state index is 0.304. The van der Waals surface area contributed by atoms with Crippen molar-refractivity contribution in [1.82, 2.24) is 0 Å². The second-order valence-corrected chi connectivity index (χ2v) is 3.84. The fourth-order valence-corrected chi connectivity index (χ4v) is 2.01. The van der Waals surface area contributed by atoms with Crippen LogP contribution in [0.2, 0.25) is 0 Å². The molecular weight excluding hydrogens is 148 g/mol. The molecule has 0 aromatic rings. The lowest BCUT2D eigenvalue weighted by Crippen LogP contribution is -2.23. The van der Waals surface area contributed by atoms with Crippen molar-refractivity contribution in [1.29, 1.82) is 0 Å². The van der Waals surface area contributed by atoms with E-state index in [1.54, 1.807) is 0 Å². The van der Waals surface area contributed by atoms with Gasteiger partial charge in [0.1, 0.15) is 5.78 Å². The van der Waals surface area contributed by atoms with E-state index in [0.29, 0.717) is 24.0 Å². The van der Waals surface area contributed by atoms with Gasteiger partial charge in [-0.15, -0.1) is 0 Å². The first-order chi connectivity index (χ1) is 5.65. The quantitative estimate of drug-likeness (QED) is 0.576. The molecule has 0 spiro atoms. The minimum absolute atomic E-state index is 0.304. The second-order valence-electron chi connectivity index (χ2n) is 3.84. The molecule has 0 N–H and O–H groups in total. The van der Waals surface area contributed by atoms with E-state index < -0.39 is 0 Å². The highest BCUT2D eigenvalue weighted by Gasteiger charge is 2.24. The van der Waals surface area contributed by atoms with E-state index in [0.717, 1.165) is 12.8 Å². The summed E-state index contributed by atoms with van der Waals surface area (Å²) in [7, 11) is 0. The lowest BCUT2D eigenvalue weighted by atomic mass is 9.79. The van der Waals surface area contributed by atoms with Crippen LogP contribution in [0.1, 0.15) is 40.0 Å². The van der Waals surface area contributed by atoms with E-state index in [2.05, 4.69) is 19.9 Å². The average Bonchev–Trinajstić information content (AvgIpc) is 2.03. The maximum atomic E-state index is 11.5. The molecule has 0 saturated carbocycles. The van der Waals surface area contributed by atoms with Crippen molar-refractivity contribution in [3.63, 3.8) is 0 Å². The van der Waals surface area contributed by atoms with Gasteiger partial charge in [0.15, 0.2) is 0 Å². The third-order valence-electron chi connectivity index (χ3n) is 2.79. The van der Waals surface area contributed by atoms with E-state index in [1.807, 2.05) is 6.92 Å². The highest BCUT2D eigenvalue weighted by atomic mass is 16.1. The van der Waals surface area contributed by atoms with Gasteiger partial charge in [0.2, 0.25) is 0 Å². The molecule has 0 radical (unpaired) electrons. The summed E-state index contributed by atoms with van der Waals surface area (Å²) in [4.78, 5) is 11.5. The molecular formula is C11H18O. The molecule has 68 valence electrons. The van der Waals surface area contributed by atoms with Crippen LogP contribution in [-0.2, 0) is 4.79 Å². The number of carbonyl (C=O) groups excluding carboxylic acids is 1. The molecule has 1 rings (SSSR count). The van der Waals surface area contributed by atoms with Crippen molar-refractivity contribution < 1.29 is 4.79 Å². The molecule has 0 bridgehead atoms. The average molecular weight is 166 g/mol. The van der Waals surface area contributed by atoms with Gasteiger partial charge in [-0.1, -0.05) is 25.5 Å². The topological polar surface area (TPSA) is 17.1 Å². The predicted molar refractivity (Wildman–Crippen MR) is 50.9 cm³/mol. The summed E-state index contributed by atoms with van der Waals surface area (Å²) < 4.78 is 0. The lowest BCUT2D eigenvalue weighted by Gasteiger charge is -2.25. The van der Waals surface area contributed by atoms with Crippen LogP contribution in [0.15, 0.2) is 11.6 Å². The van der Waals surface area contributed by atoms with E-state index in [4.69, 9.17) is 0 Å². The summed E-state index contributed by atoms with van der Waals surface area (Å²) in [6, 6.07) is 0. The molecule has 0 unspecified atom stereocenters. The molecule has 0 aromatic heterocycles. The summed E-state index contributed by atoms with van der Waals surface area (Å²) >= 11 is 0. The third kappa shape index (κ3) is 1.96. The first-order valence-corrected chi connectivity index (χ1v) is 4.85. The van der Waals surface area contributed by atoms with Gasteiger partial charge in [0.05, 0.1) is 0 Å². The summed E-state index contributed by atoms with van der Waals surface area (Å²) in [5, 5.41) is 0. The molecule has 1 aliphatic rings. The van der Waals surface area contributed by atoms with Gasteiger partial charge in [0, 0.05) is 12.3 Å². The Labute approximate surface area is 74.9 Å². The Morgan fingerprint density at radius 3 is 2.83 bits per heavy atom. The number of hydrogen-bond acceptors (Lipinski definition) is 1. The number of carbonyl (C=O) groups is 1. The van der Waals surface area contributed by atoms with E-state index in [1.165, 1.54) is 5.57 Å². The molecule has 12 heavy (non-hydrogen) atoms. The van der Waals surface area contributed by atoms with Crippen LogP contribution in [0.4, 0.5) is 0 Å². The largest absolute Gasteiger partial charge is 0.299 e. The molecule has 1 nitrogen and oxygen atoms in total. The minimum Gasteiger partial charge on any atom is -0.299 e. The van der Waals surface area contributed by atoms with Crippen molar-refractivity contribution in [3.05, 3.63) is 11.6 Å². The van der Waals surface area contributed by atoms with Crippen molar-refractivity contribution >= 4 is 5.78 Å². The SMILES string of the molecule is CCC(=O)[C@@H]1CCC(C)=C[C@@H]1C. The van der Waals surface area contributed by atoms with Gasteiger partial charge < -0.3 is 0 Å². The van der Waals surface area contributed by atoms with Crippen LogP contribution >= 0.6 is 0 Å². The van der Waals surface area contributed by atoms with E-state index in [9.17, 15) is 4.79 Å². The molecule has 1 heteroatoms. The highest BCUT2D eigenvalue weighted by Crippen LogP contribution is 2.29. The smallest absolute Gasteiger partial charge is 0.136 e. The fraction of sp³-hybridized carbons (Fsp3) is 0.727. The molecule has 0 amide bonds. The monoisotopic (exact) mass is 166 g/mol. The van der Waals surface area contributed by atoms with Crippen molar-refractivity contribution in [3.8, 4) is 0 Å². The maximum absolute atomic E-state index is 11.5. The van der Waals surface area contributed by atoms with Crippen molar-refractivity contribution in [2.75, 3.05) is 0 Å².